The van der Waals surface area contributed by atoms with Crippen molar-refractivity contribution in [1.29, 1.82) is 0 Å². The van der Waals surface area contributed by atoms with Crippen molar-refractivity contribution in [3.05, 3.63) is 23.5 Å². The molecular formula is C12H17N3O3. The number of amides is 1. The van der Waals surface area contributed by atoms with Gasteiger partial charge in [-0.25, -0.2) is 4.79 Å². The van der Waals surface area contributed by atoms with E-state index in [2.05, 4.69) is 20.4 Å². The van der Waals surface area contributed by atoms with Crippen LogP contribution in [-0.4, -0.2) is 36.6 Å². The molecule has 3 N–H and O–H groups in total. The number of esters is 1. The summed E-state index contributed by atoms with van der Waals surface area (Å²) in [5.41, 5.74) is 1.27. The van der Waals surface area contributed by atoms with Gasteiger partial charge in [0.25, 0.3) is 0 Å². The summed E-state index contributed by atoms with van der Waals surface area (Å²) in [7, 11) is 1.34. The predicted octanol–water partition coefficient (Wildman–Crippen LogP) is 0.170. The summed E-state index contributed by atoms with van der Waals surface area (Å²) < 4.78 is 4.61. The average Bonchev–Trinajstić information content (AvgIpc) is 2.86. The number of carbonyl (C=O) groups excluding carboxylic acids is 2. The fourth-order valence-electron chi connectivity index (χ4n) is 1.97. The van der Waals surface area contributed by atoms with Gasteiger partial charge >= 0.3 is 5.97 Å². The number of hydrogen-bond donors (Lipinski definition) is 3. The number of hydrogen-bond acceptors (Lipinski definition) is 4. The van der Waals surface area contributed by atoms with E-state index in [9.17, 15) is 9.59 Å². The van der Waals surface area contributed by atoms with Crippen molar-refractivity contribution in [3.8, 4) is 0 Å². The molecule has 1 aromatic heterocycles. The van der Waals surface area contributed by atoms with Crippen LogP contribution in [0.5, 0.6) is 0 Å². The van der Waals surface area contributed by atoms with Gasteiger partial charge in [0.05, 0.1) is 13.2 Å². The van der Waals surface area contributed by atoms with E-state index < -0.39 is 5.97 Å². The molecule has 0 aromatic carbocycles. The van der Waals surface area contributed by atoms with Crippen molar-refractivity contribution >= 4 is 11.9 Å². The minimum absolute atomic E-state index is 0.0426. The molecule has 6 nitrogen and oxygen atoms in total. The average molecular weight is 251 g/mol. The maximum Gasteiger partial charge on any atom is 0.354 e. The standard InChI is InChI=1S/C12H17N3O3/c1-18-12(17)10-5-4-8(15-10)7-14-9-3-2-6-13-11(9)16/h4-5,9,14-15H,2-3,6-7H2,1H3,(H,13,16). The quantitative estimate of drug-likeness (QED) is 0.666. The zero-order chi connectivity index (χ0) is 13.0. The predicted molar refractivity (Wildman–Crippen MR) is 65.0 cm³/mol. The van der Waals surface area contributed by atoms with E-state index >= 15 is 0 Å². The summed E-state index contributed by atoms with van der Waals surface area (Å²) >= 11 is 0. The van der Waals surface area contributed by atoms with Crippen LogP contribution in [0.2, 0.25) is 0 Å². The first kappa shape index (κ1) is 12.6. The molecule has 1 amide bonds. The molecule has 98 valence electrons. The second-order valence-electron chi connectivity index (χ2n) is 4.26. The minimum atomic E-state index is -0.392. The first-order valence-electron chi connectivity index (χ1n) is 5.98. The number of aromatic amines is 1. The third-order valence-electron chi connectivity index (χ3n) is 2.98. The Balaban J connectivity index is 1.88. The fourth-order valence-corrected chi connectivity index (χ4v) is 1.97. The van der Waals surface area contributed by atoms with Gasteiger partial charge < -0.3 is 20.4 Å². The third-order valence-corrected chi connectivity index (χ3v) is 2.98. The highest BCUT2D eigenvalue weighted by Crippen LogP contribution is 2.06. The Labute approximate surface area is 105 Å². The van der Waals surface area contributed by atoms with E-state index in [0.717, 1.165) is 25.1 Å². The van der Waals surface area contributed by atoms with Crippen LogP contribution in [0.3, 0.4) is 0 Å². The summed E-state index contributed by atoms with van der Waals surface area (Å²) in [4.78, 5) is 25.7. The summed E-state index contributed by atoms with van der Waals surface area (Å²) in [6.45, 7) is 1.28. The molecule has 1 aromatic rings. The van der Waals surface area contributed by atoms with Gasteiger partial charge in [0.2, 0.25) is 5.91 Å². The normalized spacial score (nSPS) is 19.4. The Morgan fingerprint density at radius 3 is 3.11 bits per heavy atom. The van der Waals surface area contributed by atoms with Crippen molar-refractivity contribution in [2.24, 2.45) is 0 Å². The third kappa shape index (κ3) is 2.89. The molecule has 1 aliphatic heterocycles. The number of rotatable bonds is 4. The molecule has 0 radical (unpaired) electrons. The fraction of sp³-hybridized carbons (Fsp3) is 0.500. The summed E-state index contributed by atoms with van der Waals surface area (Å²) in [6.07, 6.45) is 1.83. The molecule has 0 bridgehead atoms. The summed E-state index contributed by atoms with van der Waals surface area (Å²) in [5, 5.41) is 5.98. The lowest BCUT2D eigenvalue weighted by Crippen LogP contribution is -2.47. The van der Waals surface area contributed by atoms with Gasteiger partial charge in [-0.2, -0.15) is 0 Å². The van der Waals surface area contributed by atoms with Crippen LogP contribution in [0, 0.1) is 0 Å². The maximum absolute atomic E-state index is 11.5. The highest BCUT2D eigenvalue weighted by atomic mass is 16.5. The lowest BCUT2D eigenvalue weighted by molar-refractivity contribution is -0.124. The number of H-pyrrole nitrogens is 1. The second-order valence-corrected chi connectivity index (χ2v) is 4.26. The van der Waals surface area contributed by atoms with Crippen LogP contribution >= 0.6 is 0 Å². The number of piperidine rings is 1. The van der Waals surface area contributed by atoms with Crippen molar-refractivity contribution in [2.45, 2.75) is 25.4 Å². The van der Waals surface area contributed by atoms with Crippen molar-refractivity contribution in [3.63, 3.8) is 0 Å². The molecule has 6 heteroatoms. The van der Waals surface area contributed by atoms with Gasteiger partial charge in [0, 0.05) is 18.8 Å². The van der Waals surface area contributed by atoms with Gasteiger partial charge in [-0.05, 0) is 25.0 Å². The van der Waals surface area contributed by atoms with Crippen molar-refractivity contribution in [2.75, 3.05) is 13.7 Å². The van der Waals surface area contributed by atoms with Crippen LogP contribution < -0.4 is 10.6 Å². The second kappa shape index (κ2) is 5.68. The molecule has 0 saturated carbocycles. The molecule has 1 atom stereocenters. The van der Waals surface area contributed by atoms with Crippen LogP contribution in [0.25, 0.3) is 0 Å². The Morgan fingerprint density at radius 2 is 2.39 bits per heavy atom. The van der Waals surface area contributed by atoms with E-state index in [4.69, 9.17) is 0 Å². The molecule has 0 aliphatic carbocycles. The lowest BCUT2D eigenvalue weighted by Gasteiger charge is -2.22. The Bertz CT molecular complexity index is 442. The summed E-state index contributed by atoms with van der Waals surface area (Å²) in [6, 6.07) is 3.33. The number of methoxy groups -OCH3 is 1. The smallest absolute Gasteiger partial charge is 0.354 e. The van der Waals surface area contributed by atoms with Crippen LogP contribution in [0.4, 0.5) is 0 Å². The molecule has 2 rings (SSSR count). The van der Waals surface area contributed by atoms with Crippen molar-refractivity contribution in [1.82, 2.24) is 15.6 Å². The first-order chi connectivity index (χ1) is 8.70. The van der Waals surface area contributed by atoms with Gasteiger partial charge in [-0.15, -0.1) is 0 Å². The molecule has 1 fully saturated rings. The van der Waals surface area contributed by atoms with Gasteiger partial charge in [-0.3, -0.25) is 4.79 Å². The highest BCUT2D eigenvalue weighted by Gasteiger charge is 2.21. The molecular weight excluding hydrogens is 234 g/mol. The van der Waals surface area contributed by atoms with Gasteiger partial charge in [0.15, 0.2) is 0 Å². The number of ether oxygens (including phenoxy) is 1. The lowest BCUT2D eigenvalue weighted by atomic mass is 10.1. The largest absolute Gasteiger partial charge is 0.464 e. The van der Waals surface area contributed by atoms with E-state index in [1.54, 1.807) is 12.1 Å². The summed E-state index contributed by atoms with van der Waals surface area (Å²) in [5.74, 6) is -0.349. The van der Waals surface area contributed by atoms with Crippen molar-refractivity contribution < 1.29 is 14.3 Å². The monoisotopic (exact) mass is 251 g/mol. The molecule has 1 aliphatic rings. The maximum atomic E-state index is 11.5. The van der Waals surface area contributed by atoms with Gasteiger partial charge in [-0.1, -0.05) is 0 Å². The zero-order valence-electron chi connectivity index (χ0n) is 10.3. The van der Waals surface area contributed by atoms with Crippen LogP contribution in [-0.2, 0) is 16.1 Å². The molecule has 0 spiro atoms. The topological polar surface area (TPSA) is 83.2 Å². The van der Waals surface area contributed by atoms with E-state index in [0.29, 0.717) is 12.2 Å². The van der Waals surface area contributed by atoms with Crippen LogP contribution in [0.1, 0.15) is 29.0 Å². The number of aromatic nitrogens is 1. The zero-order valence-corrected chi connectivity index (χ0v) is 10.3. The number of nitrogens with one attached hydrogen (secondary N) is 3. The SMILES string of the molecule is COC(=O)c1ccc(CNC2CCCNC2=O)[nH]1. The highest BCUT2D eigenvalue weighted by molar-refractivity contribution is 5.87. The Morgan fingerprint density at radius 1 is 1.56 bits per heavy atom. The molecule has 1 unspecified atom stereocenters. The van der Waals surface area contributed by atoms with E-state index in [-0.39, 0.29) is 11.9 Å². The number of carbonyl (C=O) groups is 2. The Kier molecular flexibility index (Phi) is 3.99. The van der Waals surface area contributed by atoms with Gasteiger partial charge in [0.1, 0.15) is 5.69 Å². The van der Waals surface area contributed by atoms with Crippen LogP contribution in [0.15, 0.2) is 12.1 Å². The molecule has 1 saturated heterocycles. The van der Waals surface area contributed by atoms with E-state index in [1.807, 2.05) is 0 Å². The first-order valence-corrected chi connectivity index (χ1v) is 5.98. The minimum Gasteiger partial charge on any atom is -0.464 e. The molecule has 2 heterocycles. The Hall–Kier alpha value is -1.82. The molecule has 18 heavy (non-hydrogen) atoms. The van der Waals surface area contributed by atoms with E-state index in [1.165, 1.54) is 7.11 Å².